The Labute approximate surface area is 78.6 Å². The number of ketones is 1. The predicted octanol–water partition coefficient (Wildman–Crippen LogP) is 2.03. The van der Waals surface area contributed by atoms with Crippen LogP contribution in [0.15, 0.2) is 17.6 Å². The van der Waals surface area contributed by atoms with E-state index < -0.39 is 6.04 Å². The summed E-state index contributed by atoms with van der Waals surface area (Å²) >= 11 is 0. The van der Waals surface area contributed by atoms with Crippen LogP contribution in [0.1, 0.15) is 32.6 Å². The number of aliphatic imine (C=N–C) groups is 1. The number of hydrogen-bond acceptors (Lipinski definition) is 3. The molecule has 72 valence electrons. The highest BCUT2D eigenvalue weighted by Gasteiger charge is 2.12. The third-order valence-electron chi connectivity index (χ3n) is 1.82. The first-order valence-electron chi connectivity index (χ1n) is 4.49. The fourth-order valence-electron chi connectivity index (χ4n) is 1.06. The lowest BCUT2D eigenvalue weighted by atomic mass is 10.1. The molecule has 0 rings (SSSR count). The van der Waals surface area contributed by atoms with E-state index in [4.69, 9.17) is 0 Å². The van der Waals surface area contributed by atoms with Gasteiger partial charge in [0.15, 0.2) is 5.78 Å². The van der Waals surface area contributed by atoms with Crippen molar-refractivity contribution in [2.45, 2.75) is 38.6 Å². The Morgan fingerprint density at radius 3 is 2.77 bits per heavy atom. The molecular weight excluding hydrogens is 166 g/mol. The second-order valence-corrected chi connectivity index (χ2v) is 2.84. The number of carbonyl (C=O) groups excluding carboxylic acids is 2. The van der Waals surface area contributed by atoms with Gasteiger partial charge in [-0.05, 0) is 12.5 Å². The van der Waals surface area contributed by atoms with Crippen LogP contribution in [0.5, 0.6) is 0 Å². The van der Waals surface area contributed by atoms with E-state index in [1.807, 2.05) is 0 Å². The van der Waals surface area contributed by atoms with E-state index in [-0.39, 0.29) is 5.78 Å². The van der Waals surface area contributed by atoms with E-state index in [0.29, 0.717) is 6.42 Å². The van der Waals surface area contributed by atoms with Gasteiger partial charge in [-0.25, -0.2) is 4.79 Å². The number of isocyanates is 1. The van der Waals surface area contributed by atoms with Crippen molar-refractivity contribution in [3.8, 4) is 0 Å². The molecule has 1 unspecified atom stereocenters. The number of nitrogens with zero attached hydrogens (tertiary/aromatic N) is 1. The Hall–Kier alpha value is -1.21. The SMILES string of the molecule is C=CC(=O)C(CCCCC)N=C=O. The van der Waals surface area contributed by atoms with E-state index in [1.165, 1.54) is 12.2 Å². The van der Waals surface area contributed by atoms with Gasteiger partial charge in [0.25, 0.3) is 0 Å². The minimum atomic E-state index is -0.554. The number of carbonyl (C=O) groups is 1. The molecule has 0 bridgehead atoms. The average Bonchev–Trinajstić information content (AvgIpc) is 2.16. The number of unbranched alkanes of at least 4 members (excludes halogenated alkanes) is 2. The minimum absolute atomic E-state index is 0.195. The first-order chi connectivity index (χ1) is 6.26. The summed E-state index contributed by atoms with van der Waals surface area (Å²) in [5, 5.41) is 0. The Morgan fingerprint density at radius 1 is 1.62 bits per heavy atom. The highest BCUT2D eigenvalue weighted by molar-refractivity contribution is 5.94. The van der Waals surface area contributed by atoms with Gasteiger partial charge in [0, 0.05) is 0 Å². The van der Waals surface area contributed by atoms with Crippen LogP contribution < -0.4 is 0 Å². The van der Waals surface area contributed by atoms with Crippen molar-refractivity contribution in [1.82, 2.24) is 0 Å². The maximum atomic E-state index is 11.1. The standard InChI is InChI=1S/C10H15NO2/c1-3-5-6-7-9(11-8-12)10(13)4-2/h4,9H,2-3,5-7H2,1H3. The molecule has 0 N–H and O–H groups in total. The van der Waals surface area contributed by atoms with Crippen molar-refractivity contribution < 1.29 is 9.59 Å². The third-order valence-corrected chi connectivity index (χ3v) is 1.82. The van der Waals surface area contributed by atoms with Crippen molar-refractivity contribution in [2.75, 3.05) is 0 Å². The van der Waals surface area contributed by atoms with E-state index in [0.717, 1.165) is 19.3 Å². The van der Waals surface area contributed by atoms with Gasteiger partial charge in [-0.15, -0.1) is 0 Å². The summed E-state index contributed by atoms with van der Waals surface area (Å²) in [5.74, 6) is -0.195. The maximum Gasteiger partial charge on any atom is 0.235 e. The highest BCUT2D eigenvalue weighted by Crippen LogP contribution is 2.07. The van der Waals surface area contributed by atoms with Crippen LogP contribution in [0.2, 0.25) is 0 Å². The van der Waals surface area contributed by atoms with Crippen molar-refractivity contribution in [2.24, 2.45) is 4.99 Å². The fraction of sp³-hybridized carbons (Fsp3) is 0.600. The van der Waals surface area contributed by atoms with Crippen LogP contribution in [-0.4, -0.2) is 17.9 Å². The molecule has 0 aliphatic heterocycles. The van der Waals surface area contributed by atoms with Crippen molar-refractivity contribution in [1.29, 1.82) is 0 Å². The second kappa shape index (κ2) is 7.44. The van der Waals surface area contributed by atoms with Crippen LogP contribution in [-0.2, 0) is 9.59 Å². The lowest BCUT2D eigenvalue weighted by Gasteiger charge is -2.05. The molecule has 0 spiro atoms. The molecule has 0 aromatic rings. The smallest absolute Gasteiger partial charge is 0.235 e. The van der Waals surface area contributed by atoms with Crippen LogP contribution >= 0.6 is 0 Å². The quantitative estimate of drug-likeness (QED) is 0.261. The van der Waals surface area contributed by atoms with Gasteiger partial charge in [0.1, 0.15) is 6.04 Å². The molecule has 3 nitrogen and oxygen atoms in total. The molecule has 0 aliphatic carbocycles. The molecule has 0 radical (unpaired) electrons. The summed E-state index contributed by atoms with van der Waals surface area (Å²) in [6, 6.07) is -0.554. The molecule has 1 atom stereocenters. The molecule has 0 heterocycles. The molecule has 13 heavy (non-hydrogen) atoms. The van der Waals surface area contributed by atoms with Crippen LogP contribution in [0.25, 0.3) is 0 Å². The summed E-state index contributed by atoms with van der Waals surface area (Å²) in [7, 11) is 0. The first kappa shape index (κ1) is 11.8. The average molecular weight is 181 g/mol. The van der Waals surface area contributed by atoms with Crippen LogP contribution in [0.4, 0.5) is 0 Å². The molecule has 0 aromatic heterocycles. The Balaban J connectivity index is 4.01. The normalized spacial score (nSPS) is 11.5. The Morgan fingerprint density at radius 2 is 2.31 bits per heavy atom. The largest absolute Gasteiger partial charge is 0.292 e. The van der Waals surface area contributed by atoms with Crippen LogP contribution in [0.3, 0.4) is 0 Å². The van der Waals surface area contributed by atoms with Gasteiger partial charge < -0.3 is 0 Å². The highest BCUT2D eigenvalue weighted by atomic mass is 16.1. The summed E-state index contributed by atoms with van der Waals surface area (Å²) in [4.78, 5) is 24.5. The Bertz CT molecular complexity index is 217. The van der Waals surface area contributed by atoms with Crippen molar-refractivity contribution >= 4 is 11.9 Å². The van der Waals surface area contributed by atoms with Crippen molar-refractivity contribution in [3.63, 3.8) is 0 Å². The molecular formula is C10H15NO2. The van der Waals surface area contributed by atoms with E-state index in [9.17, 15) is 9.59 Å². The molecule has 0 aromatic carbocycles. The predicted molar refractivity (Wildman–Crippen MR) is 51.3 cm³/mol. The van der Waals surface area contributed by atoms with Gasteiger partial charge in [0.2, 0.25) is 6.08 Å². The molecule has 0 amide bonds. The summed E-state index contributed by atoms with van der Waals surface area (Å²) in [6.07, 6.45) is 6.28. The van der Waals surface area contributed by atoms with E-state index in [2.05, 4.69) is 18.5 Å². The lowest BCUT2D eigenvalue weighted by Crippen LogP contribution is -2.15. The maximum absolute atomic E-state index is 11.1. The van der Waals surface area contributed by atoms with Gasteiger partial charge in [-0.1, -0.05) is 32.8 Å². The minimum Gasteiger partial charge on any atom is -0.292 e. The van der Waals surface area contributed by atoms with Crippen LogP contribution in [0, 0.1) is 0 Å². The zero-order valence-corrected chi connectivity index (χ0v) is 7.95. The van der Waals surface area contributed by atoms with Gasteiger partial charge in [-0.2, -0.15) is 4.99 Å². The topological polar surface area (TPSA) is 46.5 Å². The molecule has 3 heteroatoms. The second-order valence-electron chi connectivity index (χ2n) is 2.84. The molecule has 0 aliphatic rings. The van der Waals surface area contributed by atoms with Crippen molar-refractivity contribution in [3.05, 3.63) is 12.7 Å². The van der Waals surface area contributed by atoms with E-state index in [1.54, 1.807) is 0 Å². The zero-order chi connectivity index (χ0) is 10.1. The number of hydrogen-bond donors (Lipinski definition) is 0. The number of rotatable bonds is 7. The fourth-order valence-corrected chi connectivity index (χ4v) is 1.06. The first-order valence-corrected chi connectivity index (χ1v) is 4.49. The molecule has 0 saturated heterocycles. The Kier molecular flexibility index (Phi) is 6.75. The summed E-state index contributed by atoms with van der Waals surface area (Å²) < 4.78 is 0. The third kappa shape index (κ3) is 5.10. The molecule has 0 saturated carbocycles. The van der Waals surface area contributed by atoms with Gasteiger partial charge >= 0.3 is 0 Å². The molecule has 0 fully saturated rings. The monoisotopic (exact) mass is 181 g/mol. The summed E-state index contributed by atoms with van der Waals surface area (Å²) in [6.45, 7) is 5.43. The van der Waals surface area contributed by atoms with Gasteiger partial charge in [-0.3, -0.25) is 4.79 Å². The lowest BCUT2D eigenvalue weighted by molar-refractivity contribution is -0.115. The van der Waals surface area contributed by atoms with E-state index >= 15 is 0 Å². The summed E-state index contributed by atoms with van der Waals surface area (Å²) in [5.41, 5.74) is 0. The zero-order valence-electron chi connectivity index (χ0n) is 7.95. The van der Waals surface area contributed by atoms with Gasteiger partial charge in [0.05, 0.1) is 0 Å².